The van der Waals surface area contributed by atoms with Gasteiger partial charge in [0.25, 0.3) is 3.12 Å². The van der Waals surface area contributed by atoms with Crippen LogP contribution in [0, 0.1) is 11.8 Å². The summed E-state index contributed by atoms with van der Waals surface area (Å²) in [7, 11) is -3.83. The molecule has 1 fully saturated rings. The van der Waals surface area contributed by atoms with Gasteiger partial charge in [0.1, 0.15) is 0 Å². The minimum Gasteiger partial charge on any atom is -0.224 e. The summed E-state index contributed by atoms with van der Waals surface area (Å²) in [4.78, 5) is 0. The van der Waals surface area contributed by atoms with Gasteiger partial charge in [-0.2, -0.15) is 0 Å². The first kappa shape index (κ1) is 12.7. The molecular formula is C10H11Cl3O2S. The maximum Gasteiger partial charge on any atom is 0.293 e. The zero-order chi connectivity index (χ0) is 12.1. The number of sulfone groups is 1. The molecule has 0 aromatic rings. The Hall–Kier alpha value is 0.300. The Kier molecular flexibility index (Phi) is 3.11. The van der Waals surface area contributed by atoms with Gasteiger partial charge in [-0.3, -0.25) is 0 Å². The third-order valence-corrected chi connectivity index (χ3v) is 7.19. The van der Waals surface area contributed by atoms with E-state index >= 15 is 0 Å². The molecular weight excluding hydrogens is 291 g/mol. The number of fused-ring (bicyclic) bond motifs is 2. The van der Waals surface area contributed by atoms with E-state index in [1.807, 2.05) is 12.2 Å². The number of hydrogen-bond donors (Lipinski definition) is 0. The summed E-state index contributed by atoms with van der Waals surface area (Å²) >= 11 is 16.6. The van der Waals surface area contributed by atoms with Crippen molar-refractivity contribution in [1.82, 2.24) is 0 Å². The first-order chi connectivity index (χ1) is 7.25. The van der Waals surface area contributed by atoms with Crippen LogP contribution in [0.5, 0.6) is 0 Å². The lowest BCUT2D eigenvalue weighted by molar-refractivity contribution is 0.407. The van der Waals surface area contributed by atoms with Crippen molar-refractivity contribution < 1.29 is 8.42 Å². The van der Waals surface area contributed by atoms with Crippen molar-refractivity contribution in [2.75, 3.05) is 0 Å². The van der Waals surface area contributed by atoms with Crippen LogP contribution in [0.3, 0.4) is 0 Å². The highest BCUT2D eigenvalue weighted by Crippen LogP contribution is 2.48. The predicted octanol–water partition coefficient (Wildman–Crippen LogP) is 3.25. The van der Waals surface area contributed by atoms with E-state index in [1.165, 1.54) is 0 Å². The molecule has 3 rings (SSSR count). The van der Waals surface area contributed by atoms with Gasteiger partial charge in [-0.25, -0.2) is 8.42 Å². The summed E-state index contributed by atoms with van der Waals surface area (Å²) in [5, 5.41) is -0.747. The van der Waals surface area contributed by atoms with Gasteiger partial charge in [-0.1, -0.05) is 59.1 Å². The standard InChI is InChI=1S/C10H11Cl3O2S/c1-6-7-2-4-8(5-3-7)9(6)16(14,15)10(11,12)13/h2,4,7-9H,1,3,5H2/t7-,8+,9+/m0/s1. The molecule has 0 aromatic carbocycles. The molecule has 90 valence electrons. The van der Waals surface area contributed by atoms with Crippen molar-refractivity contribution in [3.63, 3.8) is 0 Å². The average Bonchev–Trinajstić information content (AvgIpc) is 2.16. The third kappa shape index (κ3) is 1.82. The highest BCUT2D eigenvalue weighted by atomic mass is 35.6. The molecule has 0 unspecified atom stereocenters. The van der Waals surface area contributed by atoms with Crippen LogP contribution in [-0.4, -0.2) is 16.8 Å². The van der Waals surface area contributed by atoms with Gasteiger partial charge in [0.05, 0.1) is 5.25 Å². The van der Waals surface area contributed by atoms with Crippen molar-refractivity contribution in [3.8, 4) is 0 Å². The van der Waals surface area contributed by atoms with Crippen molar-refractivity contribution in [2.45, 2.75) is 21.2 Å². The fourth-order valence-corrected chi connectivity index (χ4v) is 4.87. The lowest BCUT2D eigenvalue weighted by Crippen LogP contribution is -2.44. The average molecular weight is 302 g/mol. The van der Waals surface area contributed by atoms with Gasteiger partial charge >= 0.3 is 0 Å². The van der Waals surface area contributed by atoms with Crippen LogP contribution in [0.4, 0.5) is 0 Å². The Morgan fingerprint density at radius 2 is 1.88 bits per heavy atom. The van der Waals surface area contributed by atoms with E-state index in [2.05, 4.69) is 6.58 Å². The van der Waals surface area contributed by atoms with Crippen molar-refractivity contribution >= 4 is 44.6 Å². The molecule has 0 N–H and O–H groups in total. The van der Waals surface area contributed by atoms with Crippen LogP contribution in [0.15, 0.2) is 24.3 Å². The molecule has 0 aliphatic heterocycles. The predicted molar refractivity (Wildman–Crippen MR) is 67.5 cm³/mol. The Morgan fingerprint density at radius 1 is 1.25 bits per heavy atom. The minimum atomic E-state index is -3.83. The van der Waals surface area contributed by atoms with Gasteiger partial charge in [0, 0.05) is 0 Å². The summed E-state index contributed by atoms with van der Waals surface area (Å²) in [6, 6.07) is 0. The van der Waals surface area contributed by atoms with Crippen LogP contribution in [0.1, 0.15) is 12.8 Å². The van der Waals surface area contributed by atoms with E-state index in [0.717, 1.165) is 12.8 Å². The van der Waals surface area contributed by atoms with E-state index < -0.39 is 18.2 Å². The summed E-state index contributed by atoms with van der Waals surface area (Å²) in [6.07, 6.45) is 5.65. The number of allylic oxidation sites excluding steroid dienone is 2. The number of rotatable bonds is 1. The smallest absolute Gasteiger partial charge is 0.224 e. The third-order valence-electron chi connectivity index (χ3n) is 3.29. The molecule has 2 bridgehead atoms. The molecule has 0 aromatic heterocycles. The Morgan fingerprint density at radius 3 is 2.25 bits per heavy atom. The molecule has 0 heterocycles. The number of hydrogen-bond acceptors (Lipinski definition) is 2. The summed E-state index contributed by atoms with van der Waals surface area (Å²) in [6.45, 7) is 3.85. The molecule has 3 atom stereocenters. The second kappa shape index (κ2) is 3.91. The summed E-state index contributed by atoms with van der Waals surface area (Å²) < 4.78 is 22.0. The van der Waals surface area contributed by atoms with E-state index in [1.54, 1.807) is 0 Å². The molecule has 0 amide bonds. The van der Waals surface area contributed by atoms with E-state index in [9.17, 15) is 8.42 Å². The number of halogens is 3. The minimum absolute atomic E-state index is 0.0990. The van der Waals surface area contributed by atoms with Crippen molar-refractivity contribution in [2.24, 2.45) is 11.8 Å². The van der Waals surface area contributed by atoms with Crippen LogP contribution in [0.2, 0.25) is 0 Å². The highest BCUT2D eigenvalue weighted by molar-refractivity contribution is 7.98. The van der Waals surface area contributed by atoms with E-state index in [-0.39, 0.29) is 11.8 Å². The zero-order valence-electron chi connectivity index (χ0n) is 8.37. The summed E-state index contributed by atoms with van der Waals surface area (Å²) in [5.74, 6) is 0.00949. The van der Waals surface area contributed by atoms with Crippen molar-refractivity contribution in [1.29, 1.82) is 0 Å². The highest BCUT2D eigenvalue weighted by Gasteiger charge is 2.51. The maximum absolute atomic E-state index is 12.1. The first-order valence-corrected chi connectivity index (χ1v) is 7.60. The van der Waals surface area contributed by atoms with E-state index in [0.29, 0.717) is 5.57 Å². The Bertz CT molecular complexity index is 447. The largest absolute Gasteiger partial charge is 0.293 e. The van der Waals surface area contributed by atoms with Crippen LogP contribution in [-0.2, 0) is 9.84 Å². The zero-order valence-corrected chi connectivity index (χ0v) is 11.5. The second-order valence-corrected chi connectivity index (χ2v) is 9.38. The van der Waals surface area contributed by atoms with Crippen LogP contribution >= 0.6 is 34.8 Å². The van der Waals surface area contributed by atoms with Gasteiger partial charge < -0.3 is 0 Å². The van der Waals surface area contributed by atoms with Gasteiger partial charge in [0.15, 0.2) is 0 Å². The monoisotopic (exact) mass is 300 g/mol. The fourth-order valence-electron chi connectivity index (χ4n) is 2.46. The lowest BCUT2D eigenvalue weighted by atomic mass is 9.73. The quantitative estimate of drug-likeness (QED) is 0.550. The topological polar surface area (TPSA) is 34.1 Å². The molecule has 3 aliphatic carbocycles. The maximum atomic E-state index is 12.1. The molecule has 6 heteroatoms. The molecule has 1 saturated carbocycles. The molecule has 3 aliphatic rings. The van der Waals surface area contributed by atoms with Gasteiger partial charge in [-0.15, -0.1) is 0 Å². The fraction of sp³-hybridized carbons (Fsp3) is 0.600. The van der Waals surface area contributed by atoms with Gasteiger partial charge in [0.2, 0.25) is 9.84 Å². The van der Waals surface area contributed by atoms with E-state index in [4.69, 9.17) is 34.8 Å². The van der Waals surface area contributed by atoms with Crippen molar-refractivity contribution in [3.05, 3.63) is 24.3 Å². The molecule has 0 saturated heterocycles. The normalized spacial score (nSPS) is 34.4. The van der Waals surface area contributed by atoms with Gasteiger partial charge in [-0.05, 0) is 24.7 Å². The second-order valence-electron chi connectivity index (χ2n) is 4.22. The Labute approximate surface area is 110 Å². The lowest BCUT2D eigenvalue weighted by Gasteiger charge is -2.40. The summed E-state index contributed by atoms with van der Waals surface area (Å²) in [5.41, 5.74) is 0.657. The SMILES string of the molecule is C=C1[C@@H](S(=O)(=O)C(Cl)(Cl)Cl)[C@@H]2C=C[C@H]1CC2. The first-order valence-electron chi connectivity index (χ1n) is 4.92. The number of alkyl halides is 3. The molecule has 16 heavy (non-hydrogen) atoms. The van der Waals surface area contributed by atoms with Crippen LogP contribution < -0.4 is 0 Å². The molecule has 0 radical (unpaired) electrons. The Balaban J connectivity index is 2.44. The molecule has 2 nitrogen and oxygen atoms in total. The van der Waals surface area contributed by atoms with Crippen LogP contribution in [0.25, 0.3) is 0 Å². The molecule has 0 spiro atoms.